The van der Waals surface area contributed by atoms with Gasteiger partial charge in [0.05, 0.1) is 11.0 Å². The number of rotatable bonds is 2. The van der Waals surface area contributed by atoms with Crippen LogP contribution in [0.4, 0.5) is 5.95 Å². The van der Waals surface area contributed by atoms with Crippen molar-refractivity contribution in [3.05, 3.63) is 23.8 Å². The maximum atomic E-state index is 4.53. The van der Waals surface area contributed by atoms with Crippen molar-refractivity contribution in [1.82, 2.24) is 9.55 Å². The zero-order chi connectivity index (χ0) is 11.0. The SMILES string of the molecule is CNc1nc2cc(C(C)C)ccc2n1C. The van der Waals surface area contributed by atoms with Gasteiger partial charge in [0.2, 0.25) is 5.95 Å². The molecule has 0 atom stereocenters. The number of nitrogens with one attached hydrogen (secondary N) is 1. The molecule has 0 unspecified atom stereocenters. The normalized spacial score (nSPS) is 11.3. The average Bonchev–Trinajstić information content (AvgIpc) is 2.55. The smallest absolute Gasteiger partial charge is 0.203 e. The number of anilines is 1. The highest BCUT2D eigenvalue weighted by Gasteiger charge is 2.07. The van der Waals surface area contributed by atoms with Gasteiger partial charge in [-0.2, -0.15) is 0 Å². The molecule has 80 valence electrons. The van der Waals surface area contributed by atoms with Gasteiger partial charge < -0.3 is 9.88 Å². The summed E-state index contributed by atoms with van der Waals surface area (Å²) in [5.74, 6) is 1.46. The summed E-state index contributed by atoms with van der Waals surface area (Å²) >= 11 is 0. The largest absolute Gasteiger partial charge is 0.359 e. The summed E-state index contributed by atoms with van der Waals surface area (Å²) in [6.07, 6.45) is 0. The lowest BCUT2D eigenvalue weighted by molar-refractivity contribution is 0.868. The van der Waals surface area contributed by atoms with E-state index in [2.05, 4.69) is 46.9 Å². The van der Waals surface area contributed by atoms with E-state index in [1.807, 2.05) is 14.1 Å². The molecule has 3 heteroatoms. The molecule has 1 aromatic carbocycles. The second kappa shape index (κ2) is 3.57. The first-order valence-corrected chi connectivity index (χ1v) is 5.27. The van der Waals surface area contributed by atoms with Crippen molar-refractivity contribution in [2.45, 2.75) is 19.8 Å². The predicted molar refractivity (Wildman–Crippen MR) is 64.3 cm³/mol. The molecular weight excluding hydrogens is 186 g/mol. The minimum atomic E-state index is 0.550. The average molecular weight is 203 g/mol. The van der Waals surface area contributed by atoms with Crippen molar-refractivity contribution in [2.75, 3.05) is 12.4 Å². The molecule has 0 radical (unpaired) electrons. The van der Waals surface area contributed by atoms with Gasteiger partial charge in [0.1, 0.15) is 0 Å². The topological polar surface area (TPSA) is 29.9 Å². The van der Waals surface area contributed by atoms with Crippen LogP contribution >= 0.6 is 0 Å². The lowest BCUT2D eigenvalue weighted by Crippen LogP contribution is -1.97. The minimum Gasteiger partial charge on any atom is -0.359 e. The number of aryl methyl sites for hydroxylation is 1. The van der Waals surface area contributed by atoms with E-state index in [1.54, 1.807) is 0 Å². The summed E-state index contributed by atoms with van der Waals surface area (Å²) in [6, 6.07) is 6.48. The van der Waals surface area contributed by atoms with Crippen LogP contribution in [0, 0.1) is 0 Å². The molecule has 2 aromatic rings. The molecular formula is C12H17N3. The van der Waals surface area contributed by atoms with Gasteiger partial charge in [-0.3, -0.25) is 0 Å². The fourth-order valence-corrected chi connectivity index (χ4v) is 1.80. The number of hydrogen-bond acceptors (Lipinski definition) is 2. The van der Waals surface area contributed by atoms with Crippen LogP contribution in [-0.2, 0) is 7.05 Å². The molecule has 2 rings (SSSR count). The third-order valence-corrected chi connectivity index (χ3v) is 2.80. The van der Waals surface area contributed by atoms with Gasteiger partial charge in [-0.25, -0.2) is 4.98 Å². The van der Waals surface area contributed by atoms with Crippen molar-refractivity contribution in [3.8, 4) is 0 Å². The Hall–Kier alpha value is -1.51. The predicted octanol–water partition coefficient (Wildman–Crippen LogP) is 2.74. The fraction of sp³-hybridized carbons (Fsp3) is 0.417. The molecule has 1 aromatic heterocycles. The molecule has 15 heavy (non-hydrogen) atoms. The Bertz CT molecular complexity index is 483. The number of fused-ring (bicyclic) bond motifs is 1. The molecule has 0 spiro atoms. The first-order valence-electron chi connectivity index (χ1n) is 5.27. The number of benzene rings is 1. The molecule has 0 aliphatic heterocycles. The van der Waals surface area contributed by atoms with Gasteiger partial charge >= 0.3 is 0 Å². The van der Waals surface area contributed by atoms with E-state index >= 15 is 0 Å². The Kier molecular flexibility index (Phi) is 2.39. The van der Waals surface area contributed by atoms with E-state index in [0.717, 1.165) is 11.5 Å². The maximum Gasteiger partial charge on any atom is 0.203 e. The van der Waals surface area contributed by atoms with Crippen molar-refractivity contribution in [1.29, 1.82) is 0 Å². The third kappa shape index (κ3) is 1.58. The first kappa shape index (κ1) is 10.0. The van der Waals surface area contributed by atoms with Crippen LogP contribution in [0.5, 0.6) is 0 Å². The third-order valence-electron chi connectivity index (χ3n) is 2.80. The molecule has 0 bridgehead atoms. The number of aromatic nitrogens is 2. The highest BCUT2D eigenvalue weighted by Crippen LogP contribution is 2.22. The van der Waals surface area contributed by atoms with Crippen LogP contribution in [0.2, 0.25) is 0 Å². The van der Waals surface area contributed by atoms with Gasteiger partial charge in [-0.1, -0.05) is 19.9 Å². The standard InChI is InChI=1S/C12H17N3/c1-8(2)9-5-6-11-10(7-9)14-12(13-3)15(11)4/h5-8H,1-4H3,(H,13,14). The van der Waals surface area contributed by atoms with E-state index in [1.165, 1.54) is 11.1 Å². The van der Waals surface area contributed by atoms with E-state index in [9.17, 15) is 0 Å². The van der Waals surface area contributed by atoms with E-state index in [-0.39, 0.29) is 0 Å². The maximum absolute atomic E-state index is 4.53. The van der Waals surface area contributed by atoms with Gasteiger partial charge in [-0.05, 0) is 23.6 Å². The molecule has 0 amide bonds. The molecule has 0 aliphatic rings. The van der Waals surface area contributed by atoms with E-state index < -0.39 is 0 Å². The Morgan fingerprint density at radius 2 is 2.07 bits per heavy atom. The van der Waals surface area contributed by atoms with E-state index in [0.29, 0.717) is 5.92 Å². The monoisotopic (exact) mass is 203 g/mol. The highest BCUT2D eigenvalue weighted by molar-refractivity contribution is 5.79. The van der Waals surface area contributed by atoms with Gasteiger partial charge in [0, 0.05) is 14.1 Å². The van der Waals surface area contributed by atoms with Gasteiger partial charge in [0.15, 0.2) is 0 Å². The summed E-state index contributed by atoms with van der Waals surface area (Å²) in [5.41, 5.74) is 3.57. The Morgan fingerprint density at radius 3 is 2.67 bits per heavy atom. The second-order valence-corrected chi connectivity index (χ2v) is 4.15. The fourth-order valence-electron chi connectivity index (χ4n) is 1.80. The summed E-state index contributed by atoms with van der Waals surface area (Å²) in [4.78, 5) is 4.53. The molecule has 1 heterocycles. The highest BCUT2D eigenvalue weighted by atomic mass is 15.2. The molecule has 1 N–H and O–H groups in total. The molecule has 0 saturated heterocycles. The second-order valence-electron chi connectivity index (χ2n) is 4.15. The summed E-state index contributed by atoms with van der Waals surface area (Å²) in [5, 5.41) is 3.09. The van der Waals surface area contributed by atoms with Crippen LogP contribution in [0.25, 0.3) is 11.0 Å². The minimum absolute atomic E-state index is 0.550. The quantitative estimate of drug-likeness (QED) is 0.813. The van der Waals surface area contributed by atoms with Crippen molar-refractivity contribution >= 4 is 17.0 Å². The zero-order valence-corrected chi connectivity index (χ0v) is 9.70. The summed E-state index contributed by atoms with van der Waals surface area (Å²) in [7, 11) is 3.92. The van der Waals surface area contributed by atoms with Crippen molar-refractivity contribution in [2.24, 2.45) is 7.05 Å². The Labute approximate surface area is 90.1 Å². The zero-order valence-electron chi connectivity index (χ0n) is 9.70. The molecule has 0 saturated carbocycles. The van der Waals surface area contributed by atoms with Gasteiger partial charge in [0.25, 0.3) is 0 Å². The van der Waals surface area contributed by atoms with Crippen LogP contribution in [0.15, 0.2) is 18.2 Å². The molecule has 3 nitrogen and oxygen atoms in total. The Balaban J connectivity index is 2.63. The molecule has 0 fully saturated rings. The van der Waals surface area contributed by atoms with Crippen molar-refractivity contribution < 1.29 is 0 Å². The lowest BCUT2D eigenvalue weighted by Gasteiger charge is -2.04. The van der Waals surface area contributed by atoms with Crippen LogP contribution < -0.4 is 5.32 Å². The lowest BCUT2D eigenvalue weighted by atomic mass is 10.0. The Morgan fingerprint density at radius 1 is 1.33 bits per heavy atom. The first-order chi connectivity index (χ1) is 7.13. The van der Waals surface area contributed by atoms with Crippen molar-refractivity contribution in [3.63, 3.8) is 0 Å². The van der Waals surface area contributed by atoms with E-state index in [4.69, 9.17) is 0 Å². The number of hydrogen-bond donors (Lipinski definition) is 1. The van der Waals surface area contributed by atoms with Gasteiger partial charge in [-0.15, -0.1) is 0 Å². The summed E-state index contributed by atoms with van der Waals surface area (Å²) in [6.45, 7) is 4.40. The number of imidazole rings is 1. The van der Waals surface area contributed by atoms with Crippen LogP contribution in [0.3, 0.4) is 0 Å². The van der Waals surface area contributed by atoms with Crippen LogP contribution in [0.1, 0.15) is 25.3 Å². The molecule has 0 aliphatic carbocycles. The number of nitrogens with zero attached hydrogens (tertiary/aromatic N) is 2. The summed E-state index contributed by atoms with van der Waals surface area (Å²) < 4.78 is 2.07. The van der Waals surface area contributed by atoms with Crippen LogP contribution in [-0.4, -0.2) is 16.6 Å².